The Bertz CT molecular complexity index is 349. The zero-order chi connectivity index (χ0) is 12.1. The molecule has 0 bridgehead atoms. The third kappa shape index (κ3) is 3.45. The molecule has 0 spiro atoms. The van der Waals surface area contributed by atoms with Crippen LogP contribution in [0.4, 0.5) is 5.69 Å². The molecule has 1 atom stereocenters. The van der Waals surface area contributed by atoms with E-state index in [0.29, 0.717) is 0 Å². The quantitative estimate of drug-likeness (QED) is 0.776. The summed E-state index contributed by atoms with van der Waals surface area (Å²) in [6.45, 7) is 3.78. The lowest BCUT2D eigenvalue weighted by Crippen LogP contribution is -2.34. The summed E-state index contributed by atoms with van der Waals surface area (Å²) in [6.07, 6.45) is 2.01. The number of carboxylic acids is 1. The van der Waals surface area contributed by atoms with Crippen molar-refractivity contribution in [3.05, 3.63) is 24.3 Å². The first-order chi connectivity index (χ1) is 7.54. The summed E-state index contributed by atoms with van der Waals surface area (Å²) >= 11 is 1.66. The third-order valence-electron chi connectivity index (χ3n) is 2.34. The summed E-state index contributed by atoms with van der Waals surface area (Å²) in [7, 11) is 0. The highest BCUT2D eigenvalue weighted by Gasteiger charge is 2.20. The lowest BCUT2D eigenvalue weighted by atomic mass is 10.0. The second-order valence-electron chi connectivity index (χ2n) is 3.93. The van der Waals surface area contributed by atoms with E-state index in [1.54, 1.807) is 11.8 Å². The average molecular weight is 239 g/mol. The molecule has 4 heteroatoms. The fourth-order valence-corrected chi connectivity index (χ4v) is 1.79. The molecule has 0 fully saturated rings. The predicted molar refractivity (Wildman–Crippen MR) is 68.1 cm³/mol. The maximum absolute atomic E-state index is 11.0. The molecule has 0 aliphatic heterocycles. The molecule has 0 radical (unpaired) electrons. The maximum Gasteiger partial charge on any atom is 0.326 e. The molecule has 1 aromatic carbocycles. The van der Waals surface area contributed by atoms with Gasteiger partial charge in [-0.1, -0.05) is 13.8 Å². The van der Waals surface area contributed by atoms with Gasteiger partial charge in [-0.3, -0.25) is 0 Å². The van der Waals surface area contributed by atoms with E-state index < -0.39 is 12.0 Å². The minimum absolute atomic E-state index is 0.0535. The Labute approximate surface area is 100 Å². The van der Waals surface area contributed by atoms with Gasteiger partial charge >= 0.3 is 5.97 Å². The minimum atomic E-state index is -0.816. The van der Waals surface area contributed by atoms with Crippen LogP contribution < -0.4 is 5.32 Å². The molecule has 1 rings (SSSR count). The number of nitrogens with one attached hydrogen (secondary N) is 1. The zero-order valence-corrected chi connectivity index (χ0v) is 10.5. The molecule has 0 amide bonds. The first-order valence-electron chi connectivity index (χ1n) is 5.18. The second-order valence-corrected chi connectivity index (χ2v) is 4.81. The van der Waals surface area contributed by atoms with Crippen molar-refractivity contribution >= 4 is 23.4 Å². The summed E-state index contributed by atoms with van der Waals surface area (Å²) in [4.78, 5) is 12.2. The van der Waals surface area contributed by atoms with E-state index in [0.717, 1.165) is 5.69 Å². The van der Waals surface area contributed by atoms with Gasteiger partial charge in [-0.25, -0.2) is 4.79 Å². The molecule has 88 valence electrons. The number of hydrogen-bond acceptors (Lipinski definition) is 3. The van der Waals surface area contributed by atoms with Crippen LogP contribution in [0.2, 0.25) is 0 Å². The predicted octanol–water partition coefficient (Wildman–Crippen LogP) is 2.93. The first kappa shape index (κ1) is 12.9. The second kappa shape index (κ2) is 5.80. The Kier molecular flexibility index (Phi) is 4.68. The van der Waals surface area contributed by atoms with Crippen LogP contribution in [-0.2, 0) is 4.79 Å². The lowest BCUT2D eigenvalue weighted by molar-refractivity contribution is -0.138. The summed E-state index contributed by atoms with van der Waals surface area (Å²) in [6, 6.07) is 7.23. The van der Waals surface area contributed by atoms with Crippen molar-refractivity contribution in [3.63, 3.8) is 0 Å². The van der Waals surface area contributed by atoms with Crippen LogP contribution in [0.15, 0.2) is 29.2 Å². The van der Waals surface area contributed by atoms with E-state index in [-0.39, 0.29) is 5.92 Å². The van der Waals surface area contributed by atoms with Gasteiger partial charge in [0.25, 0.3) is 0 Å². The number of carboxylic acid groups (broad SMARTS) is 1. The van der Waals surface area contributed by atoms with Crippen LogP contribution in [0.25, 0.3) is 0 Å². The summed E-state index contributed by atoms with van der Waals surface area (Å²) in [5.41, 5.74) is 0.846. The fraction of sp³-hybridized carbons (Fsp3) is 0.417. The standard InChI is InChI=1S/C12H17NO2S/c1-8(2)11(12(14)15)13-9-4-6-10(16-3)7-5-9/h4-8,11,13H,1-3H3,(H,14,15). The molecule has 1 unspecified atom stereocenters. The molecule has 0 aromatic heterocycles. The SMILES string of the molecule is CSc1ccc(NC(C(=O)O)C(C)C)cc1. The molecule has 3 nitrogen and oxygen atoms in total. The molecular weight excluding hydrogens is 222 g/mol. The van der Waals surface area contributed by atoms with E-state index in [4.69, 9.17) is 5.11 Å². The largest absolute Gasteiger partial charge is 0.480 e. The van der Waals surface area contributed by atoms with Gasteiger partial charge in [-0.2, -0.15) is 0 Å². The van der Waals surface area contributed by atoms with Crippen LogP contribution >= 0.6 is 11.8 Å². The molecule has 0 heterocycles. The number of rotatable bonds is 5. The Hall–Kier alpha value is -1.16. The monoisotopic (exact) mass is 239 g/mol. The van der Waals surface area contributed by atoms with Gasteiger partial charge in [0.2, 0.25) is 0 Å². The molecule has 0 aliphatic carbocycles. The van der Waals surface area contributed by atoms with E-state index in [2.05, 4.69) is 5.32 Å². The van der Waals surface area contributed by atoms with Crippen LogP contribution in [0.5, 0.6) is 0 Å². The van der Waals surface area contributed by atoms with E-state index in [9.17, 15) is 4.79 Å². The van der Waals surface area contributed by atoms with E-state index in [1.807, 2.05) is 44.4 Å². The van der Waals surface area contributed by atoms with E-state index in [1.165, 1.54) is 4.90 Å². The number of thioether (sulfide) groups is 1. The Morgan fingerprint density at radius 1 is 1.31 bits per heavy atom. The topological polar surface area (TPSA) is 49.3 Å². The fourth-order valence-electron chi connectivity index (χ4n) is 1.38. The molecule has 1 aromatic rings. The van der Waals surface area contributed by atoms with Gasteiger partial charge in [-0.15, -0.1) is 11.8 Å². The summed E-state index contributed by atoms with van der Waals surface area (Å²) < 4.78 is 0. The third-order valence-corrected chi connectivity index (χ3v) is 3.09. The average Bonchev–Trinajstić information content (AvgIpc) is 2.25. The Morgan fingerprint density at radius 3 is 2.25 bits per heavy atom. The van der Waals surface area contributed by atoms with Crippen molar-refractivity contribution in [2.24, 2.45) is 5.92 Å². The summed E-state index contributed by atoms with van der Waals surface area (Å²) in [5.74, 6) is -0.762. The smallest absolute Gasteiger partial charge is 0.326 e. The number of anilines is 1. The highest BCUT2D eigenvalue weighted by molar-refractivity contribution is 7.98. The number of aliphatic carboxylic acids is 1. The van der Waals surface area contributed by atoms with Gasteiger partial charge in [-0.05, 0) is 36.4 Å². The number of benzene rings is 1. The normalized spacial score (nSPS) is 12.5. The highest BCUT2D eigenvalue weighted by Crippen LogP contribution is 2.19. The van der Waals surface area contributed by atoms with Crippen molar-refractivity contribution in [1.82, 2.24) is 0 Å². The minimum Gasteiger partial charge on any atom is -0.480 e. The van der Waals surface area contributed by atoms with Gasteiger partial charge in [0.15, 0.2) is 0 Å². The van der Waals surface area contributed by atoms with Gasteiger partial charge in [0.05, 0.1) is 0 Å². The van der Waals surface area contributed by atoms with Crippen molar-refractivity contribution in [1.29, 1.82) is 0 Å². The van der Waals surface area contributed by atoms with Crippen molar-refractivity contribution in [3.8, 4) is 0 Å². The number of hydrogen-bond donors (Lipinski definition) is 2. The molecule has 2 N–H and O–H groups in total. The Balaban J connectivity index is 2.74. The zero-order valence-electron chi connectivity index (χ0n) is 9.73. The molecule has 0 aliphatic rings. The van der Waals surface area contributed by atoms with Crippen molar-refractivity contribution in [2.45, 2.75) is 24.8 Å². The van der Waals surface area contributed by atoms with Gasteiger partial charge < -0.3 is 10.4 Å². The first-order valence-corrected chi connectivity index (χ1v) is 6.40. The Morgan fingerprint density at radius 2 is 1.88 bits per heavy atom. The maximum atomic E-state index is 11.0. The van der Waals surface area contributed by atoms with Gasteiger partial charge in [0, 0.05) is 10.6 Å². The van der Waals surface area contributed by atoms with Crippen molar-refractivity contribution < 1.29 is 9.90 Å². The molecule has 0 saturated heterocycles. The molecule has 16 heavy (non-hydrogen) atoms. The molecule has 0 saturated carbocycles. The molecular formula is C12H17NO2S. The van der Waals surface area contributed by atoms with Crippen LogP contribution in [0.3, 0.4) is 0 Å². The van der Waals surface area contributed by atoms with Crippen LogP contribution in [0, 0.1) is 5.92 Å². The van der Waals surface area contributed by atoms with E-state index >= 15 is 0 Å². The number of carbonyl (C=O) groups is 1. The highest BCUT2D eigenvalue weighted by atomic mass is 32.2. The van der Waals surface area contributed by atoms with Crippen LogP contribution in [0.1, 0.15) is 13.8 Å². The van der Waals surface area contributed by atoms with Crippen molar-refractivity contribution in [2.75, 3.05) is 11.6 Å². The lowest BCUT2D eigenvalue weighted by Gasteiger charge is -2.19. The summed E-state index contributed by atoms with van der Waals surface area (Å²) in [5, 5.41) is 12.1. The van der Waals surface area contributed by atoms with Gasteiger partial charge in [0.1, 0.15) is 6.04 Å². The van der Waals surface area contributed by atoms with Crippen LogP contribution in [-0.4, -0.2) is 23.4 Å².